The molecule has 2 aromatic carbocycles. The molecular formula is C23H27N3O5. The third kappa shape index (κ3) is 6.05. The number of nitrogens with zero attached hydrogens (tertiary/aromatic N) is 2. The van der Waals surface area contributed by atoms with Crippen molar-refractivity contribution in [3.05, 3.63) is 71.8 Å². The number of rotatable bonds is 9. The van der Waals surface area contributed by atoms with Crippen LogP contribution < -0.4 is 5.43 Å². The summed E-state index contributed by atoms with van der Waals surface area (Å²) in [5.74, 6) is -2.12. The second-order valence-electron chi connectivity index (χ2n) is 7.59. The topological polar surface area (TPSA) is 110 Å². The molecule has 8 nitrogen and oxygen atoms in total. The van der Waals surface area contributed by atoms with Gasteiger partial charge in [-0.05, 0) is 36.8 Å². The molecular weight excluding hydrogens is 398 g/mol. The summed E-state index contributed by atoms with van der Waals surface area (Å²) in [7, 11) is 0. The van der Waals surface area contributed by atoms with Crippen LogP contribution in [0.15, 0.2) is 60.7 Å². The Morgan fingerprint density at radius 3 is 2.19 bits per heavy atom. The zero-order valence-electron chi connectivity index (χ0n) is 17.2. The highest BCUT2D eigenvalue weighted by Gasteiger charge is 2.37. The number of aryl methyl sites for hydroxylation is 1. The van der Waals surface area contributed by atoms with Crippen molar-refractivity contribution in [2.45, 2.75) is 44.3 Å². The Morgan fingerprint density at radius 1 is 1.00 bits per heavy atom. The van der Waals surface area contributed by atoms with Crippen LogP contribution >= 0.6 is 0 Å². The Morgan fingerprint density at radius 2 is 1.61 bits per heavy atom. The van der Waals surface area contributed by atoms with Crippen LogP contribution in [0.1, 0.15) is 30.4 Å². The quantitative estimate of drug-likeness (QED) is 0.533. The van der Waals surface area contributed by atoms with Crippen molar-refractivity contribution in [1.29, 1.82) is 0 Å². The number of hydrazine groups is 1. The largest absolute Gasteiger partial charge is 0.480 e. The molecule has 0 radical (unpaired) electrons. The first kappa shape index (κ1) is 22.3. The third-order valence-corrected chi connectivity index (χ3v) is 5.37. The van der Waals surface area contributed by atoms with Crippen molar-refractivity contribution in [3.8, 4) is 0 Å². The normalized spacial score (nSPS) is 16.6. The lowest BCUT2D eigenvalue weighted by Gasteiger charge is -2.32. The minimum Gasteiger partial charge on any atom is -0.480 e. The number of nitrogens with one attached hydrogen (secondary N) is 1. The van der Waals surface area contributed by atoms with Crippen LogP contribution in [0, 0.1) is 0 Å². The van der Waals surface area contributed by atoms with Gasteiger partial charge in [0.1, 0.15) is 12.1 Å². The monoisotopic (exact) mass is 425 g/mol. The first-order valence-corrected chi connectivity index (χ1v) is 10.3. The summed E-state index contributed by atoms with van der Waals surface area (Å²) in [6.07, 6.45) is 1.79. The summed E-state index contributed by atoms with van der Waals surface area (Å²) in [4.78, 5) is 38.0. The lowest BCUT2D eigenvalue weighted by Crippen LogP contribution is -2.56. The van der Waals surface area contributed by atoms with Crippen LogP contribution in [0.3, 0.4) is 0 Å². The lowest BCUT2D eigenvalue weighted by molar-refractivity contribution is -0.143. The molecule has 3 N–H and O–H groups in total. The van der Waals surface area contributed by atoms with Gasteiger partial charge in [0.05, 0.1) is 6.54 Å². The predicted octanol–water partition coefficient (Wildman–Crippen LogP) is 2.75. The molecule has 0 spiro atoms. The van der Waals surface area contributed by atoms with Crippen LogP contribution in [-0.4, -0.2) is 56.7 Å². The van der Waals surface area contributed by atoms with E-state index in [0.29, 0.717) is 25.8 Å². The summed E-state index contributed by atoms with van der Waals surface area (Å²) >= 11 is 0. The summed E-state index contributed by atoms with van der Waals surface area (Å²) in [5, 5.41) is 20.4. The minimum absolute atomic E-state index is 0.123. The van der Waals surface area contributed by atoms with Crippen molar-refractivity contribution in [2.24, 2.45) is 0 Å². The second-order valence-corrected chi connectivity index (χ2v) is 7.59. The van der Waals surface area contributed by atoms with Crippen LogP contribution in [0.2, 0.25) is 0 Å². The number of hydrogen-bond acceptors (Lipinski definition) is 4. The Hall–Kier alpha value is -3.39. The Kier molecular flexibility index (Phi) is 7.61. The standard InChI is InChI=1S/C23H27N3O5/c27-21(28)19(14-13-17-8-3-1-4-9-17)24-26(16-18-10-5-2-6-11-18)23(31)25-15-7-12-20(25)22(29)30/h1-6,8-11,19-20,24H,7,12-16H2,(H,27,28)(H,29,30)/t19?,20-/m0/s1. The number of carboxylic acids is 2. The van der Waals surface area contributed by atoms with E-state index in [1.54, 1.807) is 0 Å². The number of carboxylic acid groups (broad SMARTS) is 2. The molecule has 2 amide bonds. The molecule has 1 fully saturated rings. The minimum atomic E-state index is -1.07. The lowest BCUT2D eigenvalue weighted by atomic mass is 10.1. The fourth-order valence-electron chi connectivity index (χ4n) is 3.73. The average Bonchev–Trinajstić information content (AvgIpc) is 3.27. The maximum absolute atomic E-state index is 13.2. The van der Waals surface area contributed by atoms with Crippen LogP contribution in [0.4, 0.5) is 4.79 Å². The average molecular weight is 425 g/mol. The number of carbonyl (C=O) groups excluding carboxylic acids is 1. The van der Waals surface area contributed by atoms with E-state index in [1.807, 2.05) is 60.7 Å². The summed E-state index contributed by atoms with van der Waals surface area (Å²) < 4.78 is 0. The fourth-order valence-corrected chi connectivity index (χ4v) is 3.73. The highest BCUT2D eigenvalue weighted by Crippen LogP contribution is 2.20. The smallest absolute Gasteiger partial charge is 0.335 e. The molecule has 0 aromatic heterocycles. The van der Waals surface area contributed by atoms with E-state index in [4.69, 9.17) is 0 Å². The SMILES string of the molecule is O=C(O)C(CCc1ccccc1)NN(Cc1ccccc1)C(=O)N1CCC[C@H]1C(=O)O. The van der Waals surface area contributed by atoms with Crippen molar-refractivity contribution in [3.63, 3.8) is 0 Å². The molecule has 3 rings (SSSR count). The third-order valence-electron chi connectivity index (χ3n) is 5.37. The van der Waals surface area contributed by atoms with Gasteiger partial charge in [-0.3, -0.25) is 9.80 Å². The van der Waals surface area contributed by atoms with Gasteiger partial charge in [-0.2, -0.15) is 0 Å². The molecule has 1 aliphatic heterocycles. The van der Waals surface area contributed by atoms with Gasteiger partial charge in [-0.1, -0.05) is 60.7 Å². The predicted molar refractivity (Wildman–Crippen MR) is 114 cm³/mol. The van der Waals surface area contributed by atoms with E-state index >= 15 is 0 Å². The van der Waals surface area contributed by atoms with Crippen LogP contribution in [0.25, 0.3) is 0 Å². The van der Waals surface area contributed by atoms with Crippen molar-refractivity contribution < 1.29 is 24.6 Å². The first-order valence-electron chi connectivity index (χ1n) is 10.3. The van der Waals surface area contributed by atoms with Gasteiger partial charge >= 0.3 is 18.0 Å². The number of benzene rings is 2. The van der Waals surface area contributed by atoms with Crippen molar-refractivity contribution >= 4 is 18.0 Å². The molecule has 1 unspecified atom stereocenters. The number of aliphatic carboxylic acids is 2. The Labute approximate surface area is 181 Å². The maximum Gasteiger partial charge on any atom is 0.335 e. The van der Waals surface area contributed by atoms with E-state index in [-0.39, 0.29) is 13.0 Å². The van der Waals surface area contributed by atoms with Gasteiger partial charge in [-0.15, -0.1) is 0 Å². The Balaban J connectivity index is 1.77. The molecule has 8 heteroatoms. The van der Waals surface area contributed by atoms with Gasteiger partial charge < -0.3 is 15.1 Å². The first-order chi connectivity index (χ1) is 15.0. The molecule has 2 aromatic rings. The number of carbonyl (C=O) groups is 3. The van der Waals surface area contributed by atoms with E-state index in [0.717, 1.165) is 11.1 Å². The molecule has 0 bridgehead atoms. The number of hydrogen-bond donors (Lipinski definition) is 3. The summed E-state index contributed by atoms with van der Waals surface area (Å²) in [6.45, 7) is 0.447. The highest BCUT2D eigenvalue weighted by atomic mass is 16.4. The highest BCUT2D eigenvalue weighted by molar-refractivity contribution is 5.83. The van der Waals surface area contributed by atoms with Gasteiger partial charge in [0.2, 0.25) is 0 Å². The molecule has 0 aliphatic carbocycles. The number of amides is 2. The second kappa shape index (κ2) is 10.6. The molecule has 2 atom stereocenters. The molecule has 164 valence electrons. The zero-order chi connectivity index (χ0) is 22.2. The summed E-state index contributed by atoms with van der Waals surface area (Å²) in [6, 6.07) is 16.3. The molecule has 1 saturated heterocycles. The molecule has 31 heavy (non-hydrogen) atoms. The zero-order valence-corrected chi connectivity index (χ0v) is 17.2. The van der Waals surface area contributed by atoms with Gasteiger partial charge in [-0.25, -0.2) is 15.0 Å². The number of likely N-dealkylation sites (tertiary alicyclic amines) is 1. The van der Waals surface area contributed by atoms with Gasteiger partial charge in [0.15, 0.2) is 0 Å². The van der Waals surface area contributed by atoms with Crippen LogP contribution in [-0.2, 0) is 22.6 Å². The van der Waals surface area contributed by atoms with E-state index < -0.39 is 30.1 Å². The molecule has 0 saturated carbocycles. The van der Waals surface area contributed by atoms with E-state index in [9.17, 15) is 24.6 Å². The van der Waals surface area contributed by atoms with Crippen molar-refractivity contribution in [2.75, 3.05) is 6.54 Å². The fraction of sp³-hybridized carbons (Fsp3) is 0.348. The van der Waals surface area contributed by atoms with Crippen molar-refractivity contribution in [1.82, 2.24) is 15.3 Å². The van der Waals surface area contributed by atoms with Gasteiger partial charge in [0.25, 0.3) is 0 Å². The van der Waals surface area contributed by atoms with E-state index in [1.165, 1.54) is 9.91 Å². The van der Waals surface area contributed by atoms with Gasteiger partial charge in [0, 0.05) is 6.54 Å². The number of urea groups is 1. The van der Waals surface area contributed by atoms with Crippen LogP contribution in [0.5, 0.6) is 0 Å². The Bertz CT molecular complexity index is 891. The molecule has 1 aliphatic rings. The van der Waals surface area contributed by atoms with E-state index in [2.05, 4.69) is 5.43 Å². The molecule has 1 heterocycles. The maximum atomic E-state index is 13.2. The summed E-state index contributed by atoms with van der Waals surface area (Å²) in [5.41, 5.74) is 4.67.